The molecule has 1 amide bonds. The molecule has 1 unspecified atom stereocenters. The van der Waals surface area contributed by atoms with Crippen LogP contribution in [0.2, 0.25) is 0 Å². The maximum atomic E-state index is 12.9. The third kappa shape index (κ3) is 3.10. The minimum atomic E-state index is -0.298. The summed E-state index contributed by atoms with van der Waals surface area (Å²) in [6.45, 7) is 0.654. The van der Waals surface area contributed by atoms with Crippen molar-refractivity contribution >= 4 is 11.9 Å². The van der Waals surface area contributed by atoms with Crippen LogP contribution >= 0.6 is 0 Å². The number of nitrogens with one attached hydrogen (secondary N) is 1. The molecule has 0 spiro atoms. The van der Waals surface area contributed by atoms with E-state index in [9.17, 15) is 4.79 Å². The molecular weight excluding hydrogens is 316 g/mol. The summed E-state index contributed by atoms with van der Waals surface area (Å²) in [5.74, 6) is 0.862. The van der Waals surface area contributed by atoms with Crippen molar-refractivity contribution in [3.63, 3.8) is 0 Å². The van der Waals surface area contributed by atoms with Gasteiger partial charge in [0.2, 0.25) is 11.9 Å². The van der Waals surface area contributed by atoms with Gasteiger partial charge in [-0.15, -0.1) is 0 Å². The Labute approximate surface area is 147 Å². The summed E-state index contributed by atoms with van der Waals surface area (Å²) in [5, 5.41) is 7.51. The number of aromatic nitrogens is 4. The van der Waals surface area contributed by atoms with Gasteiger partial charge in [0, 0.05) is 38.2 Å². The van der Waals surface area contributed by atoms with Gasteiger partial charge in [0.1, 0.15) is 0 Å². The highest BCUT2D eigenvalue weighted by atomic mass is 16.2. The van der Waals surface area contributed by atoms with Gasteiger partial charge in [-0.2, -0.15) is 5.10 Å². The van der Waals surface area contributed by atoms with Gasteiger partial charge < -0.3 is 10.2 Å². The molecule has 7 nitrogen and oxygen atoms in total. The van der Waals surface area contributed by atoms with Crippen molar-refractivity contribution in [2.75, 3.05) is 19.0 Å². The molecule has 0 radical (unpaired) electrons. The third-order valence-corrected chi connectivity index (χ3v) is 5.23. The van der Waals surface area contributed by atoms with Gasteiger partial charge in [0.05, 0.1) is 23.7 Å². The van der Waals surface area contributed by atoms with Crippen LogP contribution in [0, 0.1) is 5.41 Å². The van der Waals surface area contributed by atoms with Crippen LogP contribution in [0.3, 0.4) is 0 Å². The number of carbonyl (C=O) groups is 1. The van der Waals surface area contributed by atoms with Gasteiger partial charge in [-0.25, -0.2) is 9.97 Å². The van der Waals surface area contributed by atoms with E-state index >= 15 is 0 Å². The topological polar surface area (TPSA) is 75.9 Å². The molecule has 1 atom stereocenters. The van der Waals surface area contributed by atoms with Crippen LogP contribution in [0.4, 0.5) is 5.95 Å². The van der Waals surface area contributed by atoms with Gasteiger partial charge in [0.25, 0.3) is 0 Å². The summed E-state index contributed by atoms with van der Waals surface area (Å²) in [5.41, 5.74) is 1.83. The molecule has 4 rings (SSSR count). The van der Waals surface area contributed by atoms with Crippen molar-refractivity contribution in [2.45, 2.75) is 44.7 Å². The number of fused-ring (bicyclic) bond motifs is 1. The number of rotatable bonds is 5. The Morgan fingerprint density at radius 3 is 2.96 bits per heavy atom. The monoisotopic (exact) mass is 340 g/mol. The van der Waals surface area contributed by atoms with Crippen LogP contribution in [0.5, 0.6) is 0 Å². The Balaban J connectivity index is 1.49. The van der Waals surface area contributed by atoms with E-state index < -0.39 is 0 Å². The highest BCUT2D eigenvalue weighted by Crippen LogP contribution is 2.48. The van der Waals surface area contributed by atoms with E-state index in [2.05, 4.69) is 20.4 Å². The lowest BCUT2D eigenvalue weighted by atomic mass is 9.91. The largest absolute Gasteiger partial charge is 0.349 e. The van der Waals surface area contributed by atoms with E-state index in [-0.39, 0.29) is 17.4 Å². The average Bonchev–Trinajstić information content (AvgIpc) is 3.21. The second-order valence-corrected chi connectivity index (χ2v) is 7.37. The Bertz CT molecular complexity index is 766. The Morgan fingerprint density at radius 2 is 2.28 bits per heavy atom. The molecule has 0 saturated heterocycles. The zero-order valence-corrected chi connectivity index (χ0v) is 14.8. The maximum Gasteiger partial charge on any atom is 0.228 e. The first-order valence-corrected chi connectivity index (χ1v) is 8.89. The molecule has 132 valence electrons. The third-order valence-electron chi connectivity index (χ3n) is 5.23. The number of aryl methyl sites for hydroxylation is 1. The predicted octanol–water partition coefficient (Wildman–Crippen LogP) is 1.71. The Morgan fingerprint density at radius 1 is 1.44 bits per heavy atom. The van der Waals surface area contributed by atoms with Gasteiger partial charge in [-0.3, -0.25) is 9.48 Å². The second kappa shape index (κ2) is 6.13. The van der Waals surface area contributed by atoms with E-state index in [1.807, 2.05) is 42.1 Å². The van der Waals surface area contributed by atoms with Gasteiger partial charge in [0.15, 0.2) is 0 Å². The maximum absolute atomic E-state index is 12.9. The second-order valence-electron chi connectivity index (χ2n) is 7.37. The number of nitrogens with zero attached hydrogens (tertiary/aromatic N) is 5. The summed E-state index contributed by atoms with van der Waals surface area (Å²) in [6.07, 6.45) is 10.3. The van der Waals surface area contributed by atoms with Crippen molar-refractivity contribution in [1.29, 1.82) is 0 Å². The summed E-state index contributed by atoms with van der Waals surface area (Å²) < 4.78 is 1.86. The molecule has 2 aromatic rings. The normalized spacial score (nSPS) is 20.6. The molecule has 1 saturated carbocycles. The summed E-state index contributed by atoms with van der Waals surface area (Å²) in [7, 11) is 3.88. The molecule has 2 aliphatic carbocycles. The average molecular weight is 340 g/mol. The fourth-order valence-electron chi connectivity index (χ4n) is 3.53. The fraction of sp³-hybridized carbons (Fsp3) is 0.556. The Kier molecular flexibility index (Phi) is 3.94. The van der Waals surface area contributed by atoms with Crippen LogP contribution < -0.4 is 10.2 Å². The van der Waals surface area contributed by atoms with Crippen LogP contribution in [-0.2, 0) is 17.8 Å². The van der Waals surface area contributed by atoms with Crippen molar-refractivity contribution < 1.29 is 4.79 Å². The first-order valence-electron chi connectivity index (χ1n) is 8.89. The lowest BCUT2D eigenvalue weighted by molar-refractivity contribution is -0.127. The number of hydrogen-bond donors (Lipinski definition) is 1. The predicted molar refractivity (Wildman–Crippen MR) is 94.1 cm³/mol. The van der Waals surface area contributed by atoms with E-state index in [1.54, 1.807) is 6.20 Å². The summed E-state index contributed by atoms with van der Waals surface area (Å²) in [6, 6.07) is 1.91. The quantitative estimate of drug-likeness (QED) is 0.897. The van der Waals surface area contributed by atoms with Crippen LogP contribution in [-0.4, -0.2) is 39.8 Å². The van der Waals surface area contributed by atoms with Gasteiger partial charge >= 0.3 is 0 Å². The van der Waals surface area contributed by atoms with E-state index in [0.29, 0.717) is 6.54 Å². The standard InChI is InChI=1S/C18H24N6O/c1-23(2)17-19-11-13-14(5-3-6-15(13)22-17)21-16(25)18(7-8-18)12-24-10-4-9-20-24/h4,9-11,14H,3,5-8,12H2,1-2H3,(H,21,25). The van der Waals surface area contributed by atoms with Crippen LogP contribution in [0.15, 0.2) is 24.7 Å². The highest BCUT2D eigenvalue weighted by Gasteiger charge is 2.50. The first-order chi connectivity index (χ1) is 12.1. The molecule has 25 heavy (non-hydrogen) atoms. The molecule has 2 aliphatic rings. The first kappa shape index (κ1) is 16.1. The molecule has 0 aromatic carbocycles. The van der Waals surface area contributed by atoms with Crippen molar-refractivity contribution in [2.24, 2.45) is 5.41 Å². The smallest absolute Gasteiger partial charge is 0.228 e. The minimum absolute atomic E-state index is 0.0163. The SMILES string of the molecule is CN(C)c1ncc2c(n1)CCCC2NC(=O)C1(Cn2cccn2)CC1. The van der Waals surface area contributed by atoms with E-state index in [4.69, 9.17) is 0 Å². The van der Waals surface area contributed by atoms with Crippen LogP contribution in [0.1, 0.15) is 43.0 Å². The molecular formula is C18H24N6O. The van der Waals surface area contributed by atoms with E-state index in [0.717, 1.165) is 49.3 Å². The van der Waals surface area contributed by atoms with Crippen molar-refractivity contribution in [3.8, 4) is 0 Å². The molecule has 7 heteroatoms. The van der Waals surface area contributed by atoms with Gasteiger partial charge in [-0.1, -0.05) is 0 Å². The lowest BCUT2D eigenvalue weighted by Gasteiger charge is -2.28. The molecule has 0 aliphatic heterocycles. The van der Waals surface area contributed by atoms with Crippen molar-refractivity contribution in [3.05, 3.63) is 35.9 Å². The molecule has 1 N–H and O–H groups in total. The van der Waals surface area contributed by atoms with Crippen LogP contribution in [0.25, 0.3) is 0 Å². The fourth-order valence-corrected chi connectivity index (χ4v) is 3.53. The zero-order chi connectivity index (χ0) is 17.4. The summed E-state index contributed by atoms with van der Waals surface area (Å²) >= 11 is 0. The number of anilines is 1. The molecule has 2 aromatic heterocycles. The number of carbonyl (C=O) groups excluding carboxylic acids is 1. The minimum Gasteiger partial charge on any atom is -0.349 e. The summed E-state index contributed by atoms with van der Waals surface area (Å²) in [4.78, 5) is 23.9. The lowest BCUT2D eigenvalue weighted by Crippen LogP contribution is -2.38. The Hall–Kier alpha value is -2.44. The molecule has 2 heterocycles. The zero-order valence-electron chi connectivity index (χ0n) is 14.8. The molecule has 1 fully saturated rings. The number of hydrogen-bond acceptors (Lipinski definition) is 5. The van der Waals surface area contributed by atoms with Crippen molar-refractivity contribution in [1.82, 2.24) is 25.1 Å². The van der Waals surface area contributed by atoms with E-state index in [1.165, 1.54) is 0 Å². The highest BCUT2D eigenvalue weighted by molar-refractivity contribution is 5.85. The molecule has 0 bridgehead atoms. The van der Waals surface area contributed by atoms with Gasteiger partial charge in [-0.05, 0) is 38.2 Å². The number of amides is 1.